The fourth-order valence-corrected chi connectivity index (χ4v) is 4.45. The van der Waals surface area contributed by atoms with E-state index in [4.69, 9.17) is 9.47 Å². The zero-order valence-electron chi connectivity index (χ0n) is 30.1. The van der Waals surface area contributed by atoms with Gasteiger partial charge in [-0.05, 0) is 109 Å². The molecule has 0 aromatic rings. The predicted molar refractivity (Wildman–Crippen MR) is 203 cm³/mol. The van der Waals surface area contributed by atoms with Crippen molar-refractivity contribution >= 4 is 11.9 Å². The highest BCUT2D eigenvalue weighted by Gasteiger charge is 2.03. The van der Waals surface area contributed by atoms with Crippen LogP contribution in [0, 0.1) is 0 Å². The van der Waals surface area contributed by atoms with Crippen LogP contribution in [-0.2, 0) is 19.1 Å². The van der Waals surface area contributed by atoms with E-state index in [0.717, 1.165) is 96.3 Å². The van der Waals surface area contributed by atoms with E-state index < -0.39 is 0 Å². The number of hydrogen-bond acceptors (Lipinski definition) is 4. The Bertz CT molecular complexity index is 945. The maximum absolute atomic E-state index is 11.9. The molecule has 0 atom stereocenters. The van der Waals surface area contributed by atoms with Gasteiger partial charge in [-0.3, -0.25) is 9.59 Å². The second-order valence-electron chi connectivity index (χ2n) is 11.7. The molecule has 0 fully saturated rings. The minimum atomic E-state index is -0.129. The number of carbonyl (C=O) groups is 2. The summed E-state index contributed by atoms with van der Waals surface area (Å²) in [6, 6.07) is 0. The molecule has 0 rings (SSSR count). The van der Waals surface area contributed by atoms with Gasteiger partial charge in [-0.15, -0.1) is 0 Å². The summed E-state index contributed by atoms with van der Waals surface area (Å²) in [6.07, 6.45) is 55.3. The molecule has 0 aliphatic rings. The van der Waals surface area contributed by atoms with Crippen LogP contribution in [0.25, 0.3) is 0 Å². The van der Waals surface area contributed by atoms with Gasteiger partial charge in [0.15, 0.2) is 0 Å². The molecule has 0 aliphatic carbocycles. The Balaban J connectivity index is 3.50. The molecular formula is C43H68O4. The maximum Gasteiger partial charge on any atom is 0.305 e. The zero-order chi connectivity index (χ0) is 34.1. The molecule has 0 unspecified atom stereocenters. The third-order valence-corrected chi connectivity index (χ3v) is 7.24. The number of rotatable bonds is 32. The van der Waals surface area contributed by atoms with Gasteiger partial charge in [-0.1, -0.05) is 124 Å². The summed E-state index contributed by atoms with van der Waals surface area (Å²) in [7, 11) is 0. The highest BCUT2D eigenvalue weighted by molar-refractivity contribution is 5.69. The molecule has 0 bridgehead atoms. The van der Waals surface area contributed by atoms with Gasteiger partial charge in [0, 0.05) is 12.8 Å². The van der Waals surface area contributed by atoms with Gasteiger partial charge in [0.1, 0.15) is 0 Å². The van der Waals surface area contributed by atoms with Crippen molar-refractivity contribution in [1.29, 1.82) is 0 Å². The third kappa shape index (κ3) is 39.0. The van der Waals surface area contributed by atoms with Crippen molar-refractivity contribution in [2.45, 2.75) is 149 Å². The molecule has 0 aromatic heterocycles. The molecule has 0 saturated heterocycles. The normalized spacial score (nSPS) is 12.6. The zero-order valence-corrected chi connectivity index (χ0v) is 30.1. The molecule has 4 heteroatoms. The third-order valence-electron chi connectivity index (χ3n) is 7.24. The van der Waals surface area contributed by atoms with Crippen LogP contribution in [0.1, 0.15) is 149 Å². The summed E-state index contributed by atoms with van der Waals surface area (Å²) in [6.45, 7) is 5.27. The Morgan fingerprint density at radius 3 is 1.17 bits per heavy atom. The van der Waals surface area contributed by atoms with Crippen LogP contribution in [-0.4, -0.2) is 25.2 Å². The molecule has 4 nitrogen and oxygen atoms in total. The quantitative estimate of drug-likeness (QED) is 0.0414. The lowest BCUT2D eigenvalue weighted by Crippen LogP contribution is -2.07. The van der Waals surface area contributed by atoms with Crippen molar-refractivity contribution in [3.63, 3.8) is 0 Å². The van der Waals surface area contributed by atoms with E-state index >= 15 is 0 Å². The lowest BCUT2D eigenvalue weighted by molar-refractivity contribution is -0.144. The van der Waals surface area contributed by atoms with E-state index in [0.29, 0.717) is 26.1 Å². The van der Waals surface area contributed by atoms with Gasteiger partial charge in [0.2, 0.25) is 0 Å². The van der Waals surface area contributed by atoms with Crippen molar-refractivity contribution in [1.82, 2.24) is 0 Å². The standard InChI is InChI=1S/C43H68O4/c1-3-5-7-9-11-13-15-17-19-20-22-24-26-28-30-32-35-39-43(45)47-41-37-33-36-40-46-42(44)38-34-31-29-27-25-23-21-18-16-14-12-10-8-6-4-2/h5,7,11-14,17-19,21-22,24-25,27-28,30H,3-4,6,8-10,15-16,20,23,26,29,31-41H2,1-2H3/b7-5-,13-11-,14-12-,19-17-,21-18-,24-22-,27-25-,30-28-. The van der Waals surface area contributed by atoms with Gasteiger partial charge >= 0.3 is 11.9 Å². The topological polar surface area (TPSA) is 52.6 Å². The largest absolute Gasteiger partial charge is 0.466 e. The summed E-state index contributed by atoms with van der Waals surface area (Å²) in [4.78, 5) is 23.8. The number of esters is 2. The van der Waals surface area contributed by atoms with E-state index in [1.807, 2.05) is 0 Å². The van der Waals surface area contributed by atoms with Gasteiger partial charge in [-0.2, -0.15) is 0 Å². The second-order valence-corrected chi connectivity index (χ2v) is 11.7. The first kappa shape index (κ1) is 43.9. The Morgan fingerprint density at radius 1 is 0.383 bits per heavy atom. The van der Waals surface area contributed by atoms with E-state index in [9.17, 15) is 9.59 Å². The summed E-state index contributed by atoms with van der Waals surface area (Å²) in [5.74, 6) is -0.241. The number of unbranched alkanes of at least 4 members (excludes halogenated alkanes) is 8. The van der Waals surface area contributed by atoms with Crippen LogP contribution >= 0.6 is 0 Å². The van der Waals surface area contributed by atoms with Crippen molar-refractivity contribution in [3.05, 3.63) is 97.2 Å². The molecule has 0 amide bonds. The lowest BCUT2D eigenvalue weighted by Gasteiger charge is -2.06. The van der Waals surface area contributed by atoms with E-state index in [-0.39, 0.29) is 11.9 Å². The van der Waals surface area contributed by atoms with Crippen LogP contribution in [0.4, 0.5) is 0 Å². The summed E-state index contributed by atoms with van der Waals surface area (Å²) >= 11 is 0. The Kier molecular flexibility index (Phi) is 36.4. The van der Waals surface area contributed by atoms with Gasteiger partial charge < -0.3 is 9.47 Å². The van der Waals surface area contributed by atoms with Crippen LogP contribution in [0.15, 0.2) is 97.2 Å². The van der Waals surface area contributed by atoms with Crippen LogP contribution < -0.4 is 0 Å². The van der Waals surface area contributed by atoms with Crippen molar-refractivity contribution in [3.8, 4) is 0 Å². The fraction of sp³-hybridized carbons (Fsp3) is 0.581. The van der Waals surface area contributed by atoms with Crippen molar-refractivity contribution < 1.29 is 19.1 Å². The smallest absolute Gasteiger partial charge is 0.305 e. The number of carbonyl (C=O) groups excluding carboxylic acids is 2. The molecule has 0 radical (unpaired) electrons. The average Bonchev–Trinajstić information content (AvgIpc) is 3.07. The summed E-state index contributed by atoms with van der Waals surface area (Å²) in [5.41, 5.74) is 0. The monoisotopic (exact) mass is 649 g/mol. The molecule has 0 aromatic carbocycles. The van der Waals surface area contributed by atoms with Crippen LogP contribution in [0.2, 0.25) is 0 Å². The van der Waals surface area contributed by atoms with Crippen LogP contribution in [0.5, 0.6) is 0 Å². The number of ether oxygens (including phenoxy) is 2. The number of hydrogen-bond donors (Lipinski definition) is 0. The van der Waals surface area contributed by atoms with Crippen molar-refractivity contribution in [2.24, 2.45) is 0 Å². The Hall–Kier alpha value is -3.14. The first-order valence-electron chi connectivity index (χ1n) is 18.7. The van der Waals surface area contributed by atoms with E-state index in [1.165, 1.54) is 25.7 Å². The van der Waals surface area contributed by atoms with Crippen LogP contribution in [0.3, 0.4) is 0 Å². The van der Waals surface area contributed by atoms with E-state index in [2.05, 4.69) is 111 Å². The summed E-state index contributed by atoms with van der Waals surface area (Å²) in [5, 5.41) is 0. The molecule has 0 spiro atoms. The molecular weight excluding hydrogens is 580 g/mol. The van der Waals surface area contributed by atoms with Gasteiger partial charge in [-0.25, -0.2) is 0 Å². The minimum absolute atomic E-state index is 0.112. The summed E-state index contributed by atoms with van der Waals surface area (Å²) < 4.78 is 10.7. The highest BCUT2D eigenvalue weighted by atomic mass is 16.5. The molecule has 0 N–H and O–H groups in total. The predicted octanol–water partition coefficient (Wildman–Crippen LogP) is 12.8. The first-order chi connectivity index (χ1) is 23.2. The van der Waals surface area contributed by atoms with Gasteiger partial charge in [0.05, 0.1) is 13.2 Å². The van der Waals surface area contributed by atoms with E-state index in [1.54, 1.807) is 0 Å². The van der Waals surface area contributed by atoms with Gasteiger partial charge in [0.25, 0.3) is 0 Å². The van der Waals surface area contributed by atoms with Crippen molar-refractivity contribution in [2.75, 3.05) is 13.2 Å². The SMILES string of the molecule is CC/C=C\C/C=C\C/C=C\C/C=C\C/C=C\CCCC(=O)OCCCCCOC(=O)CCCC/C=C\C/C=C\C/C=C\CCCCC. The minimum Gasteiger partial charge on any atom is -0.466 e. The maximum atomic E-state index is 11.9. The second kappa shape index (κ2) is 39.0. The first-order valence-corrected chi connectivity index (χ1v) is 18.7. The fourth-order valence-electron chi connectivity index (χ4n) is 4.45. The Labute approximate surface area is 289 Å². The molecule has 0 aliphatic heterocycles. The molecule has 0 saturated carbocycles. The average molecular weight is 649 g/mol. The Morgan fingerprint density at radius 2 is 0.745 bits per heavy atom. The highest BCUT2D eigenvalue weighted by Crippen LogP contribution is 2.06. The molecule has 47 heavy (non-hydrogen) atoms. The molecule has 264 valence electrons. The lowest BCUT2D eigenvalue weighted by atomic mass is 10.1. The number of allylic oxidation sites excluding steroid dienone is 16. The molecule has 0 heterocycles.